The Morgan fingerprint density at radius 2 is 2.00 bits per heavy atom. The number of hydrogen-bond donors (Lipinski definition) is 3. The molecule has 3 N–H and O–H groups in total. The molecule has 35 heavy (non-hydrogen) atoms. The van der Waals surface area contributed by atoms with Gasteiger partial charge in [0.05, 0.1) is 22.5 Å². The fraction of sp³-hybridized carbons (Fsp3) is 0.630. The van der Waals surface area contributed by atoms with Crippen molar-refractivity contribution in [2.24, 2.45) is 23.7 Å². The smallest absolute Gasteiger partial charge is 0.262 e. The Bertz CT molecular complexity index is 1170. The highest BCUT2D eigenvalue weighted by atomic mass is 16.5. The van der Waals surface area contributed by atoms with Crippen LogP contribution in [0.3, 0.4) is 0 Å². The average molecular weight is 476 g/mol. The van der Waals surface area contributed by atoms with Crippen LogP contribution < -0.4 is 10.6 Å². The third-order valence-corrected chi connectivity index (χ3v) is 9.19. The highest BCUT2D eigenvalue weighted by Gasteiger charge is 2.55. The first-order valence-corrected chi connectivity index (χ1v) is 13.3. The van der Waals surface area contributed by atoms with Gasteiger partial charge in [-0.05, 0) is 81.7 Å². The molecule has 0 radical (unpaired) electrons. The first-order chi connectivity index (χ1) is 17.0. The molecule has 8 rings (SSSR count). The van der Waals surface area contributed by atoms with E-state index in [9.17, 15) is 9.90 Å². The van der Waals surface area contributed by atoms with Crippen LogP contribution in [0.2, 0.25) is 0 Å². The summed E-state index contributed by atoms with van der Waals surface area (Å²) in [6, 6.07) is 0.315. The number of anilines is 1. The van der Waals surface area contributed by atoms with Crippen LogP contribution in [0.15, 0.2) is 16.8 Å². The van der Waals surface area contributed by atoms with Gasteiger partial charge >= 0.3 is 0 Å². The number of hydrogen-bond acceptors (Lipinski definition) is 8. The summed E-state index contributed by atoms with van der Waals surface area (Å²) in [6.45, 7) is 1.92. The molecule has 4 saturated carbocycles. The highest BCUT2D eigenvalue weighted by Crippen LogP contribution is 2.56. The third-order valence-electron chi connectivity index (χ3n) is 9.19. The lowest BCUT2D eigenvalue weighted by Crippen LogP contribution is -2.59. The van der Waals surface area contributed by atoms with E-state index in [-0.39, 0.29) is 11.6 Å². The van der Waals surface area contributed by atoms with Gasteiger partial charge in [0, 0.05) is 30.6 Å². The fourth-order valence-corrected chi connectivity index (χ4v) is 7.78. The van der Waals surface area contributed by atoms with Crippen LogP contribution in [0.4, 0.5) is 5.69 Å². The van der Waals surface area contributed by atoms with E-state index >= 15 is 0 Å². The number of nitrogens with zero attached hydrogens (tertiary/aromatic N) is 3. The van der Waals surface area contributed by atoms with Crippen LogP contribution in [-0.4, -0.2) is 50.7 Å². The molecular weight excluding hydrogens is 442 g/mol. The van der Waals surface area contributed by atoms with E-state index in [0.29, 0.717) is 42.0 Å². The van der Waals surface area contributed by atoms with E-state index in [0.717, 1.165) is 74.1 Å². The summed E-state index contributed by atoms with van der Waals surface area (Å²) in [6.07, 6.45) is 14.5. The number of aliphatic hydroxyl groups is 1. The molecule has 1 aliphatic heterocycles. The van der Waals surface area contributed by atoms with Crippen LogP contribution >= 0.6 is 0 Å². The summed E-state index contributed by atoms with van der Waals surface area (Å²) in [5.74, 6) is 2.43. The van der Waals surface area contributed by atoms with Crippen molar-refractivity contribution in [1.82, 2.24) is 20.4 Å². The quantitative estimate of drug-likeness (QED) is 0.543. The van der Waals surface area contributed by atoms with Crippen molar-refractivity contribution in [3.63, 3.8) is 0 Å². The maximum Gasteiger partial charge on any atom is 0.262 e. The van der Waals surface area contributed by atoms with Crippen LogP contribution in [0.5, 0.6) is 0 Å². The number of Topliss-reactive ketones (excluding diaryl/α,β-unsaturated/α-hetero) is 1. The lowest BCUT2D eigenvalue weighted by Gasteiger charge is -2.58. The number of nitrogens with one attached hydrogen (secondary N) is 2. The molecule has 0 spiro atoms. The molecule has 2 aromatic heterocycles. The van der Waals surface area contributed by atoms with Gasteiger partial charge in [0.2, 0.25) is 11.6 Å². The predicted octanol–water partition coefficient (Wildman–Crippen LogP) is 3.62. The van der Waals surface area contributed by atoms with E-state index in [1.54, 1.807) is 0 Å². The number of aromatic nitrogens is 3. The molecule has 1 saturated heterocycles. The van der Waals surface area contributed by atoms with Gasteiger partial charge in [-0.2, -0.15) is 4.98 Å². The number of pyridine rings is 1. The lowest BCUT2D eigenvalue weighted by atomic mass is 9.52. The second kappa shape index (κ2) is 8.23. The van der Waals surface area contributed by atoms with Crippen molar-refractivity contribution in [1.29, 1.82) is 0 Å². The van der Waals surface area contributed by atoms with E-state index in [2.05, 4.69) is 37.9 Å². The highest BCUT2D eigenvalue weighted by molar-refractivity contribution is 5.93. The summed E-state index contributed by atoms with van der Waals surface area (Å²) in [4.78, 5) is 22.1. The second-order valence-corrected chi connectivity index (χ2v) is 11.6. The number of ketones is 1. The van der Waals surface area contributed by atoms with Crippen LogP contribution in [-0.2, 0) is 6.42 Å². The zero-order valence-corrected chi connectivity index (χ0v) is 20.0. The van der Waals surface area contributed by atoms with Gasteiger partial charge < -0.3 is 20.3 Å². The molecule has 8 heteroatoms. The molecule has 3 unspecified atom stereocenters. The molecule has 0 amide bonds. The van der Waals surface area contributed by atoms with Gasteiger partial charge in [-0.15, -0.1) is 0 Å². The molecule has 6 aliphatic rings. The van der Waals surface area contributed by atoms with Gasteiger partial charge in [0.25, 0.3) is 5.89 Å². The molecule has 184 valence electrons. The number of rotatable bonds is 6. The zero-order chi connectivity index (χ0) is 23.6. The van der Waals surface area contributed by atoms with Gasteiger partial charge in [0.15, 0.2) is 0 Å². The maximum absolute atomic E-state index is 12.9. The molecule has 4 bridgehead atoms. The molecule has 0 aromatic carbocycles. The predicted molar refractivity (Wildman–Crippen MR) is 131 cm³/mol. The number of allylic oxidation sites excluding steroid dienone is 1. The van der Waals surface area contributed by atoms with Gasteiger partial charge in [-0.25, -0.2) is 0 Å². The Kier molecular flexibility index (Phi) is 5.10. The molecule has 5 fully saturated rings. The van der Waals surface area contributed by atoms with Crippen LogP contribution in [0, 0.1) is 23.7 Å². The van der Waals surface area contributed by atoms with E-state index in [1.165, 1.54) is 12.8 Å². The van der Waals surface area contributed by atoms with Gasteiger partial charge in [-0.3, -0.25) is 9.78 Å². The normalized spacial score (nSPS) is 33.3. The number of carbonyl (C=O) groups is 1. The average Bonchev–Trinajstić information content (AvgIpc) is 3.51. The van der Waals surface area contributed by atoms with Crippen molar-refractivity contribution in [2.45, 2.75) is 69.4 Å². The van der Waals surface area contributed by atoms with Crippen molar-refractivity contribution in [3.05, 3.63) is 29.4 Å². The van der Waals surface area contributed by atoms with Crippen LogP contribution in [0.25, 0.3) is 17.5 Å². The first-order valence-electron chi connectivity index (χ1n) is 13.3. The summed E-state index contributed by atoms with van der Waals surface area (Å²) < 4.78 is 5.65. The Morgan fingerprint density at radius 1 is 1.20 bits per heavy atom. The number of fused-ring (bicyclic) bond motifs is 1. The second-order valence-electron chi connectivity index (χ2n) is 11.6. The van der Waals surface area contributed by atoms with E-state index in [4.69, 9.17) is 4.52 Å². The lowest BCUT2D eigenvalue weighted by molar-refractivity contribution is -0.129. The number of piperidine rings is 1. The Morgan fingerprint density at radius 3 is 2.77 bits per heavy atom. The van der Waals surface area contributed by atoms with Gasteiger partial charge in [-0.1, -0.05) is 17.3 Å². The molecule has 8 nitrogen and oxygen atoms in total. The van der Waals surface area contributed by atoms with Crippen molar-refractivity contribution in [2.75, 3.05) is 18.4 Å². The third kappa shape index (κ3) is 3.82. The Labute approximate surface area is 205 Å². The summed E-state index contributed by atoms with van der Waals surface area (Å²) in [7, 11) is 0. The Balaban J connectivity index is 1.18. The molecule has 2 aromatic rings. The number of carbonyl (C=O) groups excluding carboxylic acids is 1. The summed E-state index contributed by atoms with van der Waals surface area (Å²) >= 11 is 0. The molecule has 5 atom stereocenters. The fourth-order valence-electron chi connectivity index (χ4n) is 7.78. The van der Waals surface area contributed by atoms with Crippen molar-refractivity contribution >= 4 is 17.5 Å². The minimum Gasteiger partial charge on any atom is -0.390 e. The largest absolute Gasteiger partial charge is 0.390 e. The topological polar surface area (TPSA) is 113 Å². The Hall–Kier alpha value is -2.58. The first kappa shape index (κ1) is 21.7. The van der Waals surface area contributed by atoms with Crippen molar-refractivity contribution in [3.8, 4) is 11.5 Å². The molecule has 3 heterocycles. The standard InChI is InChI=1S/C27H33N5O3/c33-22(10-15-4-6-28-7-5-15)25-31-26(35-32-25)20-14-29-21-3-1-2-19(21)24(20)30-23-17-8-16-9-18(23)13-27(34,11-16)12-17/h1-2,14-18,23,28,34H,3-13H2,(H,29,30)/t16?,17-,18+,23?,27?. The maximum atomic E-state index is 12.9. The summed E-state index contributed by atoms with van der Waals surface area (Å²) in [5.41, 5.74) is 3.40. The zero-order valence-electron chi connectivity index (χ0n) is 20.0. The monoisotopic (exact) mass is 475 g/mol. The van der Waals surface area contributed by atoms with Crippen molar-refractivity contribution < 1.29 is 14.4 Å². The summed E-state index contributed by atoms with van der Waals surface area (Å²) in [5, 5.41) is 22.3. The SMILES string of the molecule is O=C(CC1CCNCC1)c1noc(-c2cnc3c(c2NC2[C@@H]4CC5C[C@H]2CC(O)(C5)C4)C=CC3)n1. The molecular formula is C27H33N5O3. The van der Waals surface area contributed by atoms with Crippen LogP contribution in [0.1, 0.15) is 73.2 Å². The molecule has 5 aliphatic carbocycles. The van der Waals surface area contributed by atoms with E-state index < -0.39 is 5.60 Å². The van der Waals surface area contributed by atoms with Gasteiger partial charge in [0.1, 0.15) is 0 Å². The van der Waals surface area contributed by atoms with E-state index in [1.807, 2.05) is 6.20 Å². The minimum atomic E-state index is -0.465. The minimum absolute atomic E-state index is 0.0512.